The molecular weight excluding hydrogens is 311 g/mol. The summed E-state index contributed by atoms with van der Waals surface area (Å²) in [5.41, 5.74) is 6.66. The van der Waals surface area contributed by atoms with Crippen molar-refractivity contribution < 1.29 is 22.7 Å². The van der Waals surface area contributed by atoms with Crippen LogP contribution in [0, 0.1) is 0 Å². The Bertz CT molecular complexity index is 636. The number of hydrogen-bond donors (Lipinski definition) is 1. The minimum atomic E-state index is -4.93. The number of likely N-dealkylation sites (tertiary alicyclic amines) is 1. The second kappa shape index (κ2) is 6.72. The number of rotatable bonds is 3. The molecule has 1 heterocycles. The molecule has 1 aromatic carbocycles. The maximum Gasteiger partial charge on any atom is 0.471 e. The standard InChI is InChI=1S/C15H16F3N3O2/c1-23-11-4-2-10(3-5-11)9-20-12-6-7-21(13(12)8-19)14(22)15(16,17)18/h2-5,8H,6-7,9,19H2,1H3/b13-8+,20-12?. The number of benzene rings is 1. The van der Waals surface area contributed by atoms with Gasteiger partial charge in [-0.05, 0) is 17.7 Å². The normalized spacial score (nSPS) is 18.7. The summed E-state index contributed by atoms with van der Waals surface area (Å²) in [4.78, 5) is 16.3. The van der Waals surface area contributed by atoms with E-state index in [0.29, 0.717) is 16.4 Å². The Balaban J connectivity index is 2.12. The van der Waals surface area contributed by atoms with Gasteiger partial charge in [0.1, 0.15) is 5.75 Å². The smallest absolute Gasteiger partial charge is 0.471 e. The third-order valence-corrected chi connectivity index (χ3v) is 3.42. The molecule has 0 saturated carbocycles. The van der Waals surface area contributed by atoms with Crippen LogP contribution in [0.1, 0.15) is 12.0 Å². The Morgan fingerprint density at radius 2 is 2.04 bits per heavy atom. The van der Waals surface area contributed by atoms with Crippen LogP contribution >= 0.6 is 0 Å². The van der Waals surface area contributed by atoms with Crippen molar-refractivity contribution in [1.82, 2.24) is 4.90 Å². The zero-order valence-corrected chi connectivity index (χ0v) is 12.4. The van der Waals surface area contributed by atoms with Crippen LogP contribution in [0.2, 0.25) is 0 Å². The van der Waals surface area contributed by atoms with Gasteiger partial charge in [0.25, 0.3) is 0 Å². The molecule has 0 atom stereocenters. The number of alkyl halides is 3. The highest BCUT2D eigenvalue weighted by Gasteiger charge is 2.45. The number of carbonyl (C=O) groups is 1. The monoisotopic (exact) mass is 327 g/mol. The van der Waals surface area contributed by atoms with E-state index in [1.807, 2.05) is 12.1 Å². The van der Waals surface area contributed by atoms with Crippen LogP contribution in [0.5, 0.6) is 5.75 Å². The molecule has 1 aliphatic heterocycles. The van der Waals surface area contributed by atoms with Gasteiger partial charge >= 0.3 is 12.1 Å². The molecule has 23 heavy (non-hydrogen) atoms. The number of carbonyl (C=O) groups excluding carboxylic acids is 1. The predicted molar refractivity (Wildman–Crippen MR) is 78.8 cm³/mol. The molecule has 0 spiro atoms. The number of halogens is 3. The van der Waals surface area contributed by atoms with Gasteiger partial charge in [-0.3, -0.25) is 9.79 Å². The molecule has 0 radical (unpaired) electrons. The van der Waals surface area contributed by atoms with Crippen molar-refractivity contribution in [3.05, 3.63) is 41.7 Å². The molecular formula is C15H16F3N3O2. The van der Waals surface area contributed by atoms with Gasteiger partial charge in [0.15, 0.2) is 0 Å². The van der Waals surface area contributed by atoms with Crippen LogP contribution in [0.15, 0.2) is 41.2 Å². The first-order valence-corrected chi connectivity index (χ1v) is 6.84. The summed E-state index contributed by atoms with van der Waals surface area (Å²) >= 11 is 0. The highest BCUT2D eigenvalue weighted by atomic mass is 19.4. The molecule has 1 fully saturated rings. The van der Waals surface area contributed by atoms with Crippen LogP contribution in [-0.2, 0) is 11.3 Å². The van der Waals surface area contributed by atoms with Crippen molar-refractivity contribution in [2.45, 2.75) is 19.1 Å². The lowest BCUT2D eigenvalue weighted by atomic mass is 10.2. The van der Waals surface area contributed by atoms with E-state index in [-0.39, 0.29) is 25.2 Å². The van der Waals surface area contributed by atoms with Crippen molar-refractivity contribution in [3.63, 3.8) is 0 Å². The van der Waals surface area contributed by atoms with Gasteiger partial charge in [-0.25, -0.2) is 0 Å². The van der Waals surface area contributed by atoms with E-state index in [9.17, 15) is 18.0 Å². The molecule has 5 nitrogen and oxygen atoms in total. The van der Waals surface area contributed by atoms with E-state index in [1.54, 1.807) is 19.2 Å². The van der Waals surface area contributed by atoms with E-state index >= 15 is 0 Å². The van der Waals surface area contributed by atoms with Crippen molar-refractivity contribution >= 4 is 11.6 Å². The molecule has 1 amide bonds. The minimum Gasteiger partial charge on any atom is -0.497 e. The van der Waals surface area contributed by atoms with Gasteiger partial charge in [-0.2, -0.15) is 13.2 Å². The Kier molecular flexibility index (Phi) is 4.92. The molecule has 1 aliphatic rings. The van der Waals surface area contributed by atoms with E-state index in [2.05, 4.69) is 4.99 Å². The predicted octanol–water partition coefficient (Wildman–Crippen LogP) is 2.23. The number of aliphatic imine (C=N–C) groups is 1. The Hall–Kier alpha value is -2.51. The van der Waals surface area contributed by atoms with Gasteiger partial charge < -0.3 is 15.4 Å². The number of allylic oxidation sites excluding steroid dienone is 1. The van der Waals surface area contributed by atoms with Gasteiger partial charge in [-0.1, -0.05) is 12.1 Å². The van der Waals surface area contributed by atoms with Gasteiger partial charge in [0.05, 0.1) is 25.1 Å². The minimum absolute atomic E-state index is 0.0147. The van der Waals surface area contributed by atoms with Gasteiger partial charge in [0, 0.05) is 19.2 Å². The Morgan fingerprint density at radius 3 is 2.57 bits per heavy atom. The zero-order chi connectivity index (χ0) is 17.0. The average Bonchev–Trinajstić information content (AvgIpc) is 2.94. The van der Waals surface area contributed by atoms with Crippen LogP contribution < -0.4 is 10.5 Å². The van der Waals surface area contributed by atoms with Crippen LogP contribution in [0.4, 0.5) is 13.2 Å². The van der Waals surface area contributed by atoms with Crippen LogP contribution in [0.3, 0.4) is 0 Å². The third-order valence-electron chi connectivity index (χ3n) is 3.42. The first-order valence-electron chi connectivity index (χ1n) is 6.84. The summed E-state index contributed by atoms with van der Waals surface area (Å²) in [6.45, 7) is 0.202. The van der Waals surface area contributed by atoms with Crippen molar-refractivity contribution in [3.8, 4) is 5.75 Å². The molecule has 124 valence electrons. The van der Waals surface area contributed by atoms with Crippen molar-refractivity contribution in [1.29, 1.82) is 0 Å². The largest absolute Gasteiger partial charge is 0.497 e. The summed E-state index contributed by atoms with van der Waals surface area (Å²) in [6.07, 6.45) is -3.70. The number of amides is 1. The quantitative estimate of drug-likeness (QED) is 0.926. The molecule has 0 aromatic heterocycles. The molecule has 1 aromatic rings. The fraction of sp³-hybridized carbons (Fsp3) is 0.333. The molecule has 0 unspecified atom stereocenters. The van der Waals surface area contributed by atoms with E-state index in [1.165, 1.54) is 0 Å². The first kappa shape index (κ1) is 16.9. The molecule has 2 N–H and O–H groups in total. The summed E-state index contributed by atoms with van der Waals surface area (Å²) in [7, 11) is 1.55. The highest BCUT2D eigenvalue weighted by Crippen LogP contribution is 2.26. The summed E-state index contributed by atoms with van der Waals surface area (Å²) in [5.74, 6) is -1.23. The second-order valence-electron chi connectivity index (χ2n) is 4.87. The Morgan fingerprint density at radius 1 is 1.39 bits per heavy atom. The SMILES string of the molecule is COc1ccc(CN=C2CCN(C(=O)C(F)(F)F)/C2=C/N)cc1. The number of nitrogens with zero attached hydrogens (tertiary/aromatic N) is 2. The lowest BCUT2D eigenvalue weighted by molar-refractivity contribution is -0.182. The summed E-state index contributed by atoms with van der Waals surface area (Å²) < 4.78 is 42.7. The first-order chi connectivity index (χ1) is 10.9. The summed E-state index contributed by atoms with van der Waals surface area (Å²) in [5, 5.41) is 0. The second-order valence-corrected chi connectivity index (χ2v) is 4.87. The molecule has 0 bridgehead atoms. The Labute approximate surface area is 131 Å². The van der Waals surface area contributed by atoms with E-state index in [0.717, 1.165) is 11.8 Å². The van der Waals surface area contributed by atoms with E-state index < -0.39 is 12.1 Å². The average molecular weight is 327 g/mol. The number of nitrogens with two attached hydrogens (primary N) is 1. The zero-order valence-electron chi connectivity index (χ0n) is 12.4. The maximum absolute atomic E-state index is 12.5. The molecule has 1 saturated heterocycles. The molecule has 2 rings (SSSR count). The number of ether oxygens (including phenoxy) is 1. The van der Waals surface area contributed by atoms with Crippen LogP contribution in [0.25, 0.3) is 0 Å². The third kappa shape index (κ3) is 3.82. The lowest BCUT2D eigenvalue weighted by Gasteiger charge is -2.18. The lowest BCUT2D eigenvalue weighted by Crippen LogP contribution is -2.39. The highest BCUT2D eigenvalue weighted by molar-refractivity contribution is 6.06. The molecule has 8 heteroatoms. The number of methoxy groups -OCH3 is 1. The fourth-order valence-electron chi connectivity index (χ4n) is 2.25. The maximum atomic E-state index is 12.5. The van der Waals surface area contributed by atoms with Gasteiger partial charge in [0.2, 0.25) is 0 Å². The van der Waals surface area contributed by atoms with Crippen molar-refractivity contribution in [2.75, 3.05) is 13.7 Å². The van der Waals surface area contributed by atoms with Crippen LogP contribution in [-0.4, -0.2) is 36.3 Å². The van der Waals surface area contributed by atoms with E-state index in [4.69, 9.17) is 10.5 Å². The fourth-order valence-corrected chi connectivity index (χ4v) is 2.25. The topological polar surface area (TPSA) is 67.9 Å². The summed E-state index contributed by atoms with van der Waals surface area (Å²) in [6, 6.07) is 7.15. The number of hydrogen-bond acceptors (Lipinski definition) is 4. The molecule has 0 aliphatic carbocycles. The van der Waals surface area contributed by atoms with Crippen molar-refractivity contribution in [2.24, 2.45) is 10.7 Å². The van der Waals surface area contributed by atoms with Gasteiger partial charge in [-0.15, -0.1) is 0 Å².